The van der Waals surface area contributed by atoms with Crippen LogP contribution in [0.15, 0.2) is 18.5 Å². The molecule has 1 aromatic heterocycles. The van der Waals surface area contributed by atoms with Crippen molar-refractivity contribution in [1.82, 2.24) is 10.3 Å². The second kappa shape index (κ2) is 5.38. The van der Waals surface area contributed by atoms with Crippen molar-refractivity contribution in [3.8, 4) is 5.75 Å². The number of hydrogen-bond acceptors (Lipinski definition) is 3. The van der Waals surface area contributed by atoms with Crippen LogP contribution in [-0.4, -0.2) is 22.0 Å². The van der Waals surface area contributed by atoms with Crippen LogP contribution in [0.5, 0.6) is 5.75 Å². The molecule has 3 unspecified atom stereocenters. The first-order valence-electron chi connectivity index (χ1n) is 6.51. The molecule has 0 radical (unpaired) electrons. The van der Waals surface area contributed by atoms with E-state index in [0.29, 0.717) is 11.5 Å². The zero-order valence-electron chi connectivity index (χ0n) is 10.9. The van der Waals surface area contributed by atoms with Crippen LogP contribution in [0.3, 0.4) is 0 Å². The molecule has 1 aromatic rings. The molecule has 1 amide bonds. The Morgan fingerprint density at radius 3 is 2.83 bits per heavy atom. The van der Waals surface area contributed by atoms with Gasteiger partial charge in [0.05, 0.1) is 11.8 Å². The zero-order chi connectivity index (χ0) is 13.1. The van der Waals surface area contributed by atoms with Crippen LogP contribution in [0, 0.1) is 11.8 Å². The lowest BCUT2D eigenvalue weighted by Gasteiger charge is -2.33. The Morgan fingerprint density at radius 2 is 2.17 bits per heavy atom. The topological polar surface area (TPSA) is 62.2 Å². The van der Waals surface area contributed by atoms with E-state index in [-0.39, 0.29) is 17.7 Å². The number of nitrogens with one attached hydrogen (secondary N) is 1. The molecule has 1 aliphatic rings. The van der Waals surface area contributed by atoms with Crippen LogP contribution in [0.1, 0.15) is 43.5 Å². The highest BCUT2D eigenvalue weighted by Gasteiger charge is 2.26. The molecule has 0 spiro atoms. The van der Waals surface area contributed by atoms with Crippen LogP contribution in [0.4, 0.5) is 0 Å². The monoisotopic (exact) mass is 248 g/mol. The Balaban J connectivity index is 1.99. The number of rotatable bonds is 2. The van der Waals surface area contributed by atoms with Gasteiger partial charge in [0, 0.05) is 12.2 Å². The van der Waals surface area contributed by atoms with E-state index in [1.54, 1.807) is 0 Å². The maximum atomic E-state index is 12.0. The highest BCUT2D eigenvalue weighted by Crippen LogP contribution is 2.28. The molecule has 0 aliphatic heterocycles. The molecule has 98 valence electrons. The molecule has 18 heavy (non-hydrogen) atoms. The van der Waals surface area contributed by atoms with Gasteiger partial charge in [-0.1, -0.05) is 13.8 Å². The normalized spacial score (nSPS) is 27.8. The predicted molar refractivity (Wildman–Crippen MR) is 69.3 cm³/mol. The lowest BCUT2D eigenvalue weighted by molar-refractivity contribution is 0.0899. The third-order valence-corrected chi connectivity index (χ3v) is 3.73. The van der Waals surface area contributed by atoms with Gasteiger partial charge in [0.15, 0.2) is 0 Å². The average molecular weight is 248 g/mol. The summed E-state index contributed by atoms with van der Waals surface area (Å²) in [4.78, 5) is 15.8. The molecule has 2 N–H and O–H groups in total. The molecular weight excluding hydrogens is 228 g/mol. The molecule has 0 saturated heterocycles. The van der Waals surface area contributed by atoms with E-state index in [0.717, 1.165) is 25.2 Å². The standard InChI is InChI=1S/C14H20N2O2/c1-9-3-4-13(10(2)5-9)16-14(18)11-6-12(17)8-15-7-11/h6-10,13,17H,3-5H2,1-2H3,(H,16,18). The lowest BCUT2D eigenvalue weighted by atomic mass is 9.80. The van der Waals surface area contributed by atoms with Crippen LogP contribution < -0.4 is 5.32 Å². The summed E-state index contributed by atoms with van der Waals surface area (Å²) in [5, 5.41) is 12.4. The van der Waals surface area contributed by atoms with E-state index in [4.69, 9.17) is 0 Å². The first-order chi connectivity index (χ1) is 8.56. The quantitative estimate of drug-likeness (QED) is 0.844. The molecular formula is C14H20N2O2. The summed E-state index contributed by atoms with van der Waals surface area (Å²) in [7, 11) is 0. The van der Waals surface area contributed by atoms with Gasteiger partial charge in [-0.05, 0) is 37.2 Å². The number of amides is 1. The molecule has 4 nitrogen and oxygen atoms in total. The molecule has 1 aliphatic carbocycles. The maximum absolute atomic E-state index is 12.0. The third-order valence-electron chi connectivity index (χ3n) is 3.73. The van der Waals surface area contributed by atoms with Crippen LogP contribution in [-0.2, 0) is 0 Å². The third kappa shape index (κ3) is 3.00. The van der Waals surface area contributed by atoms with Crippen LogP contribution in [0.25, 0.3) is 0 Å². The number of aromatic hydroxyl groups is 1. The summed E-state index contributed by atoms with van der Waals surface area (Å²) in [6, 6.07) is 1.68. The van der Waals surface area contributed by atoms with Gasteiger partial charge >= 0.3 is 0 Å². The second-order valence-electron chi connectivity index (χ2n) is 5.41. The van der Waals surface area contributed by atoms with Crippen molar-refractivity contribution in [2.24, 2.45) is 11.8 Å². The van der Waals surface area contributed by atoms with Gasteiger partial charge in [0.2, 0.25) is 0 Å². The fourth-order valence-electron chi connectivity index (χ4n) is 2.68. The largest absolute Gasteiger partial charge is 0.506 e. The number of aromatic nitrogens is 1. The van der Waals surface area contributed by atoms with Crippen molar-refractivity contribution < 1.29 is 9.90 Å². The van der Waals surface area contributed by atoms with E-state index in [1.807, 2.05) is 0 Å². The first kappa shape index (κ1) is 12.9. The van der Waals surface area contributed by atoms with Crippen molar-refractivity contribution >= 4 is 5.91 Å². The molecule has 1 saturated carbocycles. The minimum absolute atomic E-state index is 0.0213. The van der Waals surface area contributed by atoms with Crippen molar-refractivity contribution in [1.29, 1.82) is 0 Å². The zero-order valence-corrected chi connectivity index (χ0v) is 10.9. The fourth-order valence-corrected chi connectivity index (χ4v) is 2.68. The Bertz CT molecular complexity index is 434. The number of hydrogen-bond donors (Lipinski definition) is 2. The summed E-state index contributed by atoms with van der Waals surface area (Å²) in [6.07, 6.45) is 6.14. The Kier molecular flexibility index (Phi) is 3.84. The first-order valence-corrected chi connectivity index (χ1v) is 6.51. The SMILES string of the molecule is CC1CCC(NC(=O)c2cncc(O)c2)C(C)C1. The van der Waals surface area contributed by atoms with Gasteiger partial charge in [0.1, 0.15) is 5.75 Å². The summed E-state index contributed by atoms with van der Waals surface area (Å²) >= 11 is 0. The van der Waals surface area contributed by atoms with Crippen molar-refractivity contribution in [2.75, 3.05) is 0 Å². The van der Waals surface area contributed by atoms with Crippen molar-refractivity contribution in [2.45, 2.75) is 39.2 Å². The van der Waals surface area contributed by atoms with E-state index in [1.165, 1.54) is 18.5 Å². The van der Waals surface area contributed by atoms with Crippen molar-refractivity contribution in [3.05, 3.63) is 24.0 Å². The van der Waals surface area contributed by atoms with Gasteiger partial charge in [-0.2, -0.15) is 0 Å². The summed E-state index contributed by atoms with van der Waals surface area (Å²) in [6.45, 7) is 4.44. The van der Waals surface area contributed by atoms with E-state index in [2.05, 4.69) is 24.1 Å². The van der Waals surface area contributed by atoms with Crippen molar-refractivity contribution in [3.63, 3.8) is 0 Å². The summed E-state index contributed by atoms with van der Waals surface area (Å²) in [5.41, 5.74) is 0.417. The van der Waals surface area contributed by atoms with Gasteiger partial charge in [-0.25, -0.2) is 0 Å². The number of carbonyl (C=O) groups is 1. The minimum Gasteiger partial charge on any atom is -0.506 e. The minimum atomic E-state index is -0.148. The van der Waals surface area contributed by atoms with Crippen LogP contribution >= 0.6 is 0 Å². The van der Waals surface area contributed by atoms with Gasteiger partial charge in [0.25, 0.3) is 5.91 Å². The molecule has 3 atom stereocenters. The number of carbonyl (C=O) groups excluding carboxylic acids is 1. The maximum Gasteiger partial charge on any atom is 0.253 e. The number of pyridine rings is 1. The average Bonchev–Trinajstić information content (AvgIpc) is 2.32. The van der Waals surface area contributed by atoms with Gasteiger partial charge in [-0.15, -0.1) is 0 Å². The number of nitrogens with zero attached hydrogens (tertiary/aromatic N) is 1. The van der Waals surface area contributed by atoms with E-state index in [9.17, 15) is 9.90 Å². The predicted octanol–water partition coefficient (Wildman–Crippen LogP) is 2.34. The summed E-state index contributed by atoms with van der Waals surface area (Å²) < 4.78 is 0. The molecule has 0 bridgehead atoms. The van der Waals surface area contributed by atoms with E-state index < -0.39 is 0 Å². The van der Waals surface area contributed by atoms with Crippen LogP contribution in [0.2, 0.25) is 0 Å². The molecule has 0 aromatic carbocycles. The highest BCUT2D eigenvalue weighted by atomic mass is 16.3. The van der Waals surface area contributed by atoms with Gasteiger partial charge in [-0.3, -0.25) is 9.78 Å². The van der Waals surface area contributed by atoms with E-state index >= 15 is 0 Å². The molecule has 4 heteroatoms. The Labute approximate surface area is 107 Å². The summed E-state index contributed by atoms with van der Waals surface area (Å²) in [5.74, 6) is 1.12. The molecule has 1 heterocycles. The lowest BCUT2D eigenvalue weighted by Crippen LogP contribution is -2.42. The fraction of sp³-hybridized carbons (Fsp3) is 0.571. The highest BCUT2D eigenvalue weighted by molar-refractivity contribution is 5.94. The molecule has 2 rings (SSSR count). The smallest absolute Gasteiger partial charge is 0.253 e. The van der Waals surface area contributed by atoms with Gasteiger partial charge < -0.3 is 10.4 Å². The second-order valence-corrected chi connectivity index (χ2v) is 5.41. The Hall–Kier alpha value is -1.58. The molecule has 1 fully saturated rings. The Morgan fingerprint density at radius 1 is 1.39 bits per heavy atom.